The standard InChI is InChI=1S/C8H11F2N3O2.ClH/c1-14-3-6-12-7(15-13-6)5-2-8(9,10)4-11-5;/h5,11H,2-4H2,1H3;1H/t5-;/m0./s1. The zero-order valence-electron chi connectivity index (χ0n) is 8.57. The van der Waals surface area contributed by atoms with Gasteiger partial charge >= 0.3 is 0 Å². The van der Waals surface area contributed by atoms with Crippen LogP contribution in [-0.2, 0) is 11.3 Å². The molecule has 92 valence electrons. The van der Waals surface area contributed by atoms with Gasteiger partial charge in [0.2, 0.25) is 5.89 Å². The normalized spacial score (nSPS) is 23.1. The van der Waals surface area contributed by atoms with E-state index in [4.69, 9.17) is 9.26 Å². The largest absolute Gasteiger partial charge is 0.377 e. The van der Waals surface area contributed by atoms with Crippen molar-refractivity contribution in [2.24, 2.45) is 0 Å². The van der Waals surface area contributed by atoms with Crippen LogP contribution in [0.4, 0.5) is 8.78 Å². The SMILES string of the molecule is COCc1noc([C@@H]2CC(F)(F)CN2)n1.Cl. The van der Waals surface area contributed by atoms with Crippen LogP contribution in [0.15, 0.2) is 4.52 Å². The van der Waals surface area contributed by atoms with Crippen molar-refractivity contribution in [3.05, 3.63) is 11.7 Å². The van der Waals surface area contributed by atoms with Crippen LogP contribution in [0.5, 0.6) is 0 Å². The molecule has 1 saturated heterocycles. The Morgan fingerprint density at radius 1 is 1.62 bits per heavy atom. The van der Waals surface area contributed by atoms with E-state index in [1.807, 2.05) is 0 Å². The molecule has 0 unspecified atom stereocenters. The van der Waals surface area contributed by atoms with Gasteiger partial charge in [-0.15, -0.1) is 12.4 Å². The van der Waals surface area contributed by atoms with Gasteiger partial charge in [0.25, 0.3) is 5.92 Å². The second-order valence-corrected chi connectivity index (χ2v) is 3.48. The predicted octanol–water partition coefficient (Wildman–Crippen LogP) is 1.31. The summed E-state index contributed by atoms with van der Waals surface area (Å²) in [5, 5.41) is 6.23. The number of halogens is 3. The van der Waals surface area contributed by atoms with Crippen LogP contribution in [0.25, 0.3) is 0 Å². The molecule has 2 heterocycles. The highest BCUT2D eigenvalue weighted by Gasteiger charge is 2.42. The molecule has 8 heteroatoms. The lowest BCUT2D eigenvalue weighted by molar-refractivity contribution is 0.0200. The van der Waals surface area contributed by atoms with E-state index in [0.717, 1.165) is 0 Å². The predicted molar refractivity (Wildman–Crippen MR) is 52.6 cm³/mol. The lowest BCUT2D eigenvalue weighted by Crippen LogP contribution is -2.19. The molecule has 5 nitrogen and oxygen atoms in total. The topological polar surface area (TPSA) is 60.2 Å². The minimum absolute atomic E-state index is 0. The Labute approximate surface area is 96.9 Å². The molecule has 0 bridgehead atoms. The second-order valence-electron chi connectivity index (χ2n) is 3.48. The lowest BCUT2D eigenvalue weighted by atomic mass is 10.2. The zero-order chi connectivity index (χ0) is 10.9. The van der Waals surface area contributed by atoms with E-state index in [1.165, 1.54) is 7.11 Å². The first-order chi connectivity index (χ1) is 7.11. The molecule has 1 aliphatic rings. The number of rotatable bonds is 3. The average Bonchev–Trinajstić information content (AvgIpc) is 2.73. The Bertz CT molecular complexity index is 348. The van der Waals surface area contributed by atoms with Crippen LogP contribution >= 0.6 is 12.4 Å². The van der Waals surface area contributed by atoms with Gasteiger partial charge in [-0.1, -0.05) is 5.16 Å². The van der Waals surface area contributed by atoms with Crippen molar-refractivity contribution in [1.82, 2.24) is 15.5 Å². The summed E-state index contributed by atoms with van der Waals surface area (Å²) in [5.41, 5.74) is 0. The van der Waals surface area contributed by atoms with E-state index in [1.54, 1.807) is 0 Å². The maximum Gasteiger partial charge on any atom is 0.262 e. The highest BCUT2D eigenvalue weighted by Crippen LogP contribution is 2.32. The van der Waals surface area contributed by atoms with Crippen LogP contribution in [0.2, 0.25) is 0 Å². The van der Waals surface area contributed by atoms with Crippen LogP contribution in [0.3, 0.4) is 0 Å². The fraction of sp³-hybridized carbons (Fsp3) is 0.750. The quantitative estimate of drug-likeness (QED) is 0.882. The molecule has 0 aromatic carbocycles. The molecule has 0 aliphatic carbocycles. The zero-order valence-corrected chi connectivity index (χ0v) is 9.39. The third-order valence-electron chi connectivity index (χ3n) is 2.17. The van der Waals surface area contributed by atoms with Crippen molar-refractivity contribution in [1.29, 1.82) is 0 Å². The molecule has 1 aromatic heterocycles. The Morgan fingerprint density at radius 3 is 2.94 bits per heavy atom. The molecule has 1 atom stereocenters. The summed E-state index contributed by atoms with van der Waals surface area (Å²) in [6, 6.07) is -0.557. The molecule has 0 spiro atoms. The van der Waals surface area contributed by atoms with Gasteiger partial charge in [-0.2, -0.15) is 4.98 Å². The maximum atomic E-state index is 12.9. The molecule has 0 radical (unpaired) electrons. The number of aromatic nitrogens is 2. The number of methoxy groups -OCH3 is 1. The van der Waals surface area contributed by atoms with Gasteiger partial charge in [-0.3, -0.25) is 5.32 Å². The number of ether oxygens (including phenoxy) is 1. The lowest BCUT2D eigenvalue weighted by Gasteiger charge is -2.04. The maximum absolute atomic E-state index is 12.9. The second kappa shape index (κ2) is 5.03. The van der Waals surface area contributed by atoms with E-state index in [-0.39, 0.29) is 37.9 Å². The first-order valence-corrected chi connectivity index (χ1v) is 4.53. The van der Waals surface area contributed by atoms with Gasteiger partial charge in [0.05, 0.1) is 12.6 Å². The van der Waals surface area contributed by atoms with Crippen LogP contribution < -0.4 is 5.32 Å². The first-order valence-electron chi connectivity index (χ1n) is 4.53. The molecule has 1 fully saturated rings. The molecular weight excluding hydrogens is 244 g/mol. The van der Waals surface area contributed by atoms with Gasteiger partial charge in [-0.05, 0) is 0 Å². The third kappa shape index (κ3) is 2.87. The van der Waals surface area contributed by atoms with E-state index >= 15 is 0 Å². The number of nitrogens with one attached hydrogen (secondary N) is 1. The van der Waals surface area contributed by atoms with Crippen molar-refractivity contribution in [2.75, 3.05) is 13.7 Å². The monoisotopic (exact) mass is 255 g/mol. The Kier molecular flexibility index (Phi) is 4.17. The van der Waals surface area contributed by atoms with Gasteiger partial charge in [-0.25, -0.2) is 8.78 Å². The molecule has 0 saturated carbocycles. The van der Waals surface area contributed by atoms with E-state index < -0.39 is 12.0 Å². The fourth-order valence-electron chi connectivity index (χ4n) is 1.49. The summed E-state index contributed by atoms with van der Waals surface area (Å²) in [6.45, 7) is -0.133. The fourth-order valence-corrected chi connectivity index (χ4v) is 1.49. The van der Waals surface area contributed by atoms with Gasteiger partial charge < -0.3 is 9.26 Å². The Hall–Kier alpha value is -0.790. The highest BCUT2D eigenvalue weighted by molar-refractivity contribution is 5.85. The van der Waals surface area contributed by atoms with Gasteiger partial charge in [0.1, 0.15) is 6.61 Å². The van der Waals surface area contributed by atoms with Crippen LogP contribution in [0, 0.1) is 0 Å². The average molecular weight is 256 g/mol. The van der Waals surface area contributed by atoms with Crippen molar-refractivity contribution < 1.29 is 18.0 Å². The van der Waals surface area contributed by atoms with Crippen LogP contribution in [-0.4, -0.2) is 29.7 Å². The Balaban J connectivity index is 0.00000128. The third-order valence-corrected chi connectivity index (χ3v) is 2.17. The summed E-state index contributed by atoms with van der Waals surface area (Å²) in [5.74, 6) is -2.13. The summed E-state index contributed by atoms with van der Waals surface area (Å²) in [7, 11) is 1.50. The molecule has 1 N–H and O–H groups in total. The van der Waals surface area contributed by atoms with E-state index in [0.29, 0.717) is 5.82 Å². The van der Waals surface area contributed by atoms with Crippen LogP contribution in [0.1, 0.15) is 24.2 Å². The number of hydrogen-bond donors (Lipinski definition) is 1. The van der Waals surface area contributed by atoms with E-state index in [2.05, 4.69) is 15.5 Å². The molecule has 16 heavy (non-hydrogen) atoms. The van der Waals surface area contributed by atoms with Crippen molar-refractivity contribution in [3.63, 3.8) is 0 Å². The van der Waals surface area contributed by atoms with Crippen molar-refractivity contribution in [2.45, 2.75) is 25.0 Å². The molecule has 2 rings (SSSR count). The van der Waals surface area contributed by atoms with Crippen molar-refractivity contribution >= 4 is 12.4 Å². The first kappa shape index (κ1) is 13.3. The summed E-state index contributed by atoms with van der Waals surface area (Å²) in [6.07, 6.45) is -0.304. The molecule has 1 aromatic rings. The number of hydrogen-bond acceptors (Lipinski definition) is 5. The molecule has 1 aliphatic heterocycles. The minimum Gasteiger partial charge on any atom is -0.377 e. The summed E-state index contributed by atoms with van der Waals surface area (Å²) in [4.78, 5) is 3.95. The smallest absolute Gasteiger partial charge is 0.262 e. The molecule has 0 amide bonds. The minimum atomic E-state index is -2.69. The summed E-state index contributed by atoms with van der Waals surface area (Å²) < 4.78 is 35.4. The Morgan fingerprint density at radius 2 is 2.38 bits per heavy atom. The van der Waals surface area contributed by atoms with Crippen molar-refractivity contribution in [3.8, 4) is 0 Å². The van der Waals surface area contributed by atoms with Gasteiger partial charge in [0, 0.05) is 13.5 Å². The molecular formula is C8H12ClF2N3O2. The summed E-state index contributed by atoms with van der Waals surface area (Å²) >= 11 is 0. The van der Waals surface area contributed by atoms with Gasteiger partial charge in [0.15, 0.2) is 5.82 Å². The number of nitrogens with zero attached hydrogens (tertiary/aromatic N) is 2. The highest BCUT2D eigenvalue weighted by atomic mass is 35.5. The van der Waals surface area contributed by atoms with E-state index in [9.17, 15) is 8.78 Å². The number of alkyl halides is 2.